The van der Waals surface area contributed by atoms with Gasteiger partial charge in [0, 0.05) is 18.1 Å². The Hall–Kier alpha value is -1.97. The first-order chi connectivity index (χ1) is 7.18. The summed E-state index contributed by atoms with van der Waals surface area (Å²) in [7, 11) is 0. The van der Waals surface area contributed by atoms with Gasteiger partial charge < -0.3 is 0 Å². The number of aryl methyl sites for hydroxylation is 2. The van der Waals surface area contributed by atoms with Crippen molar-refractivity contribution in [3.8, 4) is 0 Å². The third-order valence-corrected chi connectivity index (χ3v) is 2.15. The standard InChI is InChI=1S/C11H11N3O/c1-8-4-3-5-10(13-8)11(15)14-7-6-12-9(14)2/h3-7H,1-2H3. The topological polar surface area (TPSA) is 47.8 Å². The molecule has 0 unspecified atom stereocenters. The zero-order valence-corrected chi connectivity index (χ0v) is 8.64. The summed E-state index contributed by atoms with van der Waals surface area (Å²) in [5.41, 5.74) is 1.27. The fourth-order valence-corrected chi connectivity index (χ4v) is 1.38. The Balaban J connectivity index is 2.41. The van der Waals surface area contributed by atoms with Crippen LogP contribution >= 0.6 is 0 Å². The van der Waals surface area contributed by atoms with Crippen LogP contribution in [0.5, 0.6) is 0 Å². The summed E-state index contributed by atoms with van der Waals surface area (Å²) in [5.74, 6) is 0.525. The maximum Gasteiger partial charge on any atom is 0.281 e. The highest BCUT2D eigenvalue weighted by Crippen LogP contribution is 2.03. The van der Waals surface area contributed by atoms with Crippen LogP contribution in [0, 0.1) is 13.8 Å². The minimum Gasteiger partial charge on any atom is -0.268 e. The van der Waals surface area contributed by atoms with Gasteiger partial charge in [0.2, 0.25) is 0 Å². The van der Waals surface area contributed by atoms with E-state index in [0.29, 0.717) is 11.5 Å². The fourth-order valence-electron chi connectivity index (χ4n) is 1.38. The molecular weight excluding hydrogens is 190 g/mol. The molecule has 0 spiro atoms. The van der Waals surface area contributed by atoms with Gasteiger partial charge in [-0.1, -0.05) is 6.07 Å². The van der Waals surface area contributed by atoms with Gasteiger partial charge in [0.15, 0.2) is 0 Å². The lowest BCUT2D eigenvalue weighted by Gasteiger charge is -2.03. The summed E-state index contributed by atoms with van der Waals surface area (Å²) in [6, 6.07) is 5.38. The minimum absolute atomic E-state index is 0.145. The molecule has 0 amide bonds. The van der Waals surface area contributed by atoms with E-state index in [2.05, 4.69) is 9.97 Å². The molecule has 2 aromatic heterocycles. The smallest absolute Gasteiger partial charge is 0.268 e. The Morgan fingerprint density at radius 1 is 1.33 bits per heavy atom. The lowest BCUT2D eigenvalue weighted by molar-refractivity contribution is 0.0952. The average molecular weight is 201 g/mol. The molecule has 0 atom stereocenters. The van der Waals surface area contributed by atoms with E-state index in [-0.39, 0.29) is 5.91 Å². The van der Waals surface area contributed by atoms with Crippen molar-refractivity contribution in [2.24, 2.45) is 0 Å². The Labute approximate surface area is 87.6 Å². The molecule has 2 aromatic rings. The molecule has 76 valence electrons. The van der Waals surface area contributed by atoms with Gasteiger partial charge in [0.25, 0.3) is 5.91 Å². The highest BCUT2D eigenvalue weighted by Gasteiger charge is 2.11. The highest BCUT2D eigenvalue weighted by molar-refractivity contribution is 5.94. The van der Waals surface area contributed by atoms with Crippen molar-refractivity contribution in [2.75, 3.05) is 0 Å². The van der Waals surface area contributed by atoms with E-state index in [1.165, 1.54) is 4.57 Å². The third kappa shape index (κ3) is 1.79. The molecule has 0 N–H and O–H groups in total. The average Bonchev–Trinajstić information content (AvgIpc) is 2.63. The minimum atomic E-state index is -0.145. The summed E-state index contributed by atoms with van der Waals surface area (Å²) in [5, 5.41) is 0. The van der Waals surface area contributed by atoms with E-state index < -0.39 is 0 Å². The molecule has 0 radical (unpaired) electrons. The molecule has 0 aliphatic rings. The first kappa shape index (κ1) is 9.58. The number of nitrogens with zero attached hydrogens (tertiary/aromatic N) is 3. The Morgan fingerprint density at radius 3 is 2.73 bits per heavy atom. The van der Waals surface area contributed by atoms with Crippen LogP contribution in [-0.2, 0) is 0 Å². The van der Waals surface area contributed by atoms with E-state index in [1.807, 2.05) is 19.1 Å². The SMILES string of the molecule is Cc1cccc(C(=O)n2ccnc2C)n1. The van der Waals surface area contributed by atoms with Crippen LogP contribution in [0.2, 0.25) is 0 Å². The van der Waals surface area contributed by atoms with Crippen molar-refractivity contribution in [1.82, 2.24) is 14.5 Å². The van der Waals surface area contributed by atoms with E-state index in [4.69, 9.17) is 0 Å². The van der Waals surface area contributed by atoms with Crippen molar-refractivity contribution in [1.29, 1.82) is 0 Å². The van der Waals surface area contributed by atoms with Crippen LogP contribution in [0.4, 0.5) is 0 Å². The number of pyridine rings is 1. The molecule has 0 saturated heterocycles. The number of hydrogen-bond donors (Lipinski definition) is 0. The number of carbonyl (C=O) groups excluding carboxylic acids is 1. The summed E-state index contributed by atoms with van der Waals surface area (Å²) in [4.78, 5) is 20.1. The van der Waals surface area contributed by atoms with Crippen molar-refractivity contribution in [2.45, 2.75) is 13.8 Å². The van der Waals surface area contributed by atoms with Crippen molar-refractivity contribution >= 4 is 5.91 Å². The van der Waals surface area contributed by atoms with Crippen LogP contribution in [0.15, 0.2) is 30.6 Å². The Bertz CT molecular complexity index is 502. The van der Waals surface area contributed by atoms with Gasteiger partial charge in [-0.15, -0.1) is 0 Å². The van der Waals surface area contributed by atoms with Crippen LogP contribution in [0.1, 0.15) is 22.0 Å². The highest BCUT2D eigenvalue weighted by atomic mass is 16.2. The fraction of sp³-hybridized carbons (Fsp3) is 0.182. The van der Waals surface area contributed by atoms with E-state index in [1.54, 1.807) is 25.4 Å². The normalized spacial score (nSPS) is 10.3. The molecule has 0 fully saturated rings. The summed E-state index contributed by atoms with van der Waals surface area (Å²) >= 11 is 0. The van der Waals surface area contributed by atoms with Gasteiger partial charge >= 0.3 is 0 Å². The zero-order chi connectivity index (χ0) is 10.8. The first-order valence-corrected chi connectivity index (χ1v) is 4.67. The van der Waals surface area contributed by atoms with Gasteiger partial charge in [-0.05, 0) is 26.0 Å². The van der Waals surface area contributed by atoms with E-state index in [0.717, 1.165) is 5.69 Å². The van der Waals surface area contributed by atoms with Gasteiger partial charge in [0.05, 0.1) is 0 Å². The summed E-state index contributed by atoms with van der Waals surface area (Å²) in [6.07, 6.45) is 3.24. The lowest BCUT2D eigenvalue weighted by atomic mass is 10.3. The van der Waals surface area contributed by atoms with Crippen LogP contribution in [0.25, 0.3) is 0 Å². The molecular formula is C11H11N3O. The quantitative estimate of drug-likeness (QED) is 0.703. The van der Waals surface area contributed by atoms with Gasteiger partial charge in [-0.3, -0.25) is 9.36 Å². The van der Waals surface area contributed by atoms with Crippen molar-refractivity contribution in [3.63, 3.8) is 0 Å². The predicted octanol–water partition coefficient (Wildman–Crippen LogP) is 1.58. The lowest BCUT2D eigenvalue weighted by Crippen LogP contribution is -2.14. The zero-order valence-electron chi connectivity index (χ0n) is 8.64. The number of carbonyl (C=O) groups is 1. The number of rotatable bonds is 1. The Kier molecular flexibility index (Phi) is 2.33. The maximum atomic E-state index is 11.9. The second-order valence-corrected chi connectivity index (χ2v) is 3.31. The van der Waals surface area contributed by atoms with Crippen molar-refractivity contribution < 1.29 is 4.79 Å². The monoisotopic (exact) mass is 201 g/mol. The maximum absolute atomic E-state index is 11.9. The second-order valence-electron chi connectivity index (χ2n) is 3.31. The van der Waals surface area contributed by atoms with Crippen molar-refractivity contribution in [3.05, 3.63) is 47.8 Å². The third-order valence-electron chi connectivity index (χ3n) is 2.15. The summed E-state index contributed by atoms with van der Waals surface area (Å²) in [6.45, 7) is 3.64. The van der Waals surface area contributed by atoms with E-state index in [9.17, 15) is 4.79 Å². The number of imidazole rings is 1. The molecule has 4 nitrogen and oxygen atoms in total. The molecule has 0 aromatic carbocycles. The molecule has 0 saturated carbocycles. The van der Waals surface area contributed by atoms with E-state index >= 15 is 0 Å². The molecule has 4 heteroatoms. The predicted molar refractivity (Wildman–Crippen MR) is 55.7 cm³/mol. The van der Waals surface area contributed by atoms with Crippen LogP contribution < -0.4 is 0 Å². The molecule has 2 rings (SSSR count). The van der Waals surface area contributed by atoms with Gasteiger partial charge in [-0.25, -0.2) is 9.97 Å². The summed E-state index contributed by atoms with van der Waals surface area (Å²) < 4.78 is 1.49. The Morgan fingerprint density at radius 2 is 2.13 bits per heavy atom. The van der Waals surface area contributed by atoms with Gasteiger partial charge in [0.1, 0.15) is 11.5 Å². The first-order valence-electron chi connectivity index (χ1n) is 4.67. The van der Waals surface area contributed by atoms with Gasteiger partial charge in [-0.2, -0.15) is 0 Å². The molecule has 0 aliphatic heterocycles. The largest absolute Gasteiger partial charge is 0.281 e. The van der Waals surface area contributed by atoms with Crippen LogP contribution in [-0.4, -0.2) is 20.4 Å². The number of aromatic nitrogens is 3. The molecule has 2 heterocycles. The molecule has 0 bridgehead atoms. The molecule has 15 heavy (non-hydrogen) atoms. The number of hydrogen-bond acceptors (Lipinski definition) is 3. The van der Waals surface area contributed by atoms with Crippen LogP contribution in [0.3, 0.4) is 0 Å². The second kappa shape index (κ2) is 3.65. The molecule has 0 aliphatic carbocycles.